The summed E-state index contributed by atoms with van der Waals surface area (Å²) >= 11 is 0. The van der Waals surface area contributed by atoms with Crippen molar-refractivity contribution in [1.82, 2.24) is 4.72 Å². The van der Waals surface area contributed by atoms with Crippen LogP contribution in [0.4, 0.5) is 5.69 Å². The van der Waals surface area contributed by atoms with E-state index >= 15 is 0 Å². The third-order valence-electron chi connectivity index (χ3n) is 4.31. The van der Waals surface area contributed by atoms with Crippen LogP contribution < -0.4 is 10.0 Å². The van der Waals surface area contributed by atoms with Crippen molar-refractivity contribution in [2.45, 2.75) is 51.5 Å². The summed E-state index contributed by atoms with van der Waals surface area (Å²) in [6.45, 7) is 7.53. The fourth-order valence-electron chi connectivity index (χ4n) is 2.93. The first-order valence-corrected chi connectivity index (χ1v) is 10.7. The SMILES string of the molecule is CCCc1ccc(C(NS(=O)(=O)c2ccc(NC(C)=O)cc2)C(C)C)cc1. The van der Waals surface area contributed by atoms with Crippen molar-refractivity contribution in [3.05, 3.63) is 59.7 Å². The lowest BCUT2D eigenvalue weighted by atomic mass is 9.95. The molecule has 0 aromatic heterocycles. The quantitative estimate of drug-likeness (QED) is 0.709. The summed E-state index contributed by atoms with van der Waals surface area (Å²) in [4.78, 5) is 11.3. The zero-order chi connectivity index (χ0) is 20.0. The Morgan fingerprint density at radius 3 is 2.07 bits per heavy atom. The highest BCUT2D eigenvalue weighted by molar-refractivity contribution is 7.89. The molecule has 0 aliphatic heterocycles. The highest BCUT2D eigenvalue weighted by atomic mass is 32.2. The zero-order valence-corrected chi connectivity index (χ0v) is 17.1. The number of nitrogens with one attached hydrogen (secondary N) is 2. The number of hydrogen-bond donors (Lipinski definition) is 2. The molecule has 146 valence electrons. The second kappa shape index (κ2) is 9.15. The lowest BCUT2D eigenvalue weighted by Crippen LogP contribution is -2.31. The second-order valence-corrected chi connectivity index (χ2v) is 8.75. The summed E-state index contributed by atoms with van der Waals surface area (Å²) in [5, 5.41) is 2.63. The molecule has 5 nitrogen and oxygen atoms in total. The monoisotopic (exact) mass is 388 g/mol. The Kier molecular flexibility index (Phi) is 7.16. The topological polar surface area (TPSA) is 75.3 Å². The summed E-state index contributed by atoms with van der Waals surface area (Å²) < 4.78 is 28.5. The van der Waals surface area contributed by atoms with Gasteiger partial charge >= 0.3 is 0 Å². The predicted octanol–water partition coefficient (Wildman–Crippen LogP) is 4.27. The maximum Gasteiger partial charge on any atom is 0.241 e. The van der Waals surface area contributed by atoms with Gasteiger partial charge < -0.3 is 5.32 Å². The Hall–Kier alpha value is -2.18. The Labute approximate surface area is 162 Å². The maximum atomic E-state index is 12.8. The zero-order valence-electron chi connectivity index (χ0n) is 16.3. The van der Waals surface area contributed by atoms with Crippen LogP contribution in [0.5, 0.6) is 0 Å². The molecule has 0 bridgehead atoms. The van der Waals surface area contributed by atoms with Crippen LogP contribution in [0.1, 0.15) is 51.3 Å². The first-order valence-electron chi connectivity index (χ1n) is 9.21. The van der Waals surface area contributed by atoms with Gasteiger partial charge in [-0.3, -0.25) is 4.79 Å². The molecule has 6 heteroatoms. The van der Waals surface area contributed by atoms with Gasteiger partial charge in [-0.25, -0.2) is 13.1 Å². The number of hydrogen-bond acceptors (Lipinski definition) is 3. The number of amides is 1. The Morgan fingerprint density at radius 1 is 1.00 bits per heavy atom. The van der Waals surface area contributed by atoms with Crippen LogP contribution in [0.15, 0.2) is 53.4 Å². The predicted molar refractivity (Wildman–Crippen MR) is 109 cm³/mol. The van der Waals surface area contributed by atoms with E-state index in [1.54, 1.807) is 12.1 Å². The first kappa shape index (κ1) is 21.1. The fourth-order valence-corrected chi connectivity index (χ4v) is 4.30. The van der Waals surface area contributed by atoms with Gasteiger partial charge in [0.25, 0.3) is 0 Å². The van der Waals surface area contributed by atoms with Crippen molar-refractivity contribution >= 4 is 21.6 Å². The van der Waals surface area contributed by atoms with Gasteiger partial charge in [-0.15, -0.1) is 0 Å². The molecule has 1 atom stereocenters. The molecule has 0 heterocycles. The largest absolute Gasteiger partial charge is 0.326 e. The minimum Gasteiger partial charge on any atom is -0.326 e. The molecule has 0 aliphatic rings. The molecular formula is C21H28N2O3S. The minimum atomic E-state index is -3.68. The fraction of sp³-hybridized carbons (Fsp3) is 0.381. The van der Waals surface area contributed by atoms with Crippen molar-refractivity contribution in [3.8, 4) is 0 Å². The molecule has 1 unspecified atom stereocenters. The van der Waals surface area contributed by atoms with Gasteiger partial charge in [0.1, 0.15) is 0 Å². The van der Waals surface area contributed by atoms with E-state index in [0.717, 1.165) is 18.4 Å². The smallest absolute Gasteiger partial charge is 0.241 e. The highest BCUT2D eigenvalue weighted by Crippen LogP contribution is 2.25. The van der Waals surface area contributed by atoms with Crippen LogP contribution in [-0.4, -0.2) is 14.3 Å². The van der Waals surface area contributed by atoms with Gasteiger partial charge in [-0.05, 0) is 47.7 Å². The van der Waals surface area contributed by atoms with Crippen LogP contribution in [-0.2, 0) is 21.2 Å². The number of rotatable bonds is 8. The number of anilines is 1. The summed E-state index contributed by atoms with van der Waals surface area (Å²) in [7, 11) is -3.68. The average Bonchev–Trinajstić information content (AvgIpc) is 2.60. The lowest BCUT2D eigenvalue weighted by molar-refractivity contribution is -0.114. The Balaban J connectivity index is 2.22. The van der Waals surface area contributed by atoms with Crippen LogP contribution in [0.2, 0.25) is 0 Å². The molecule has 2 N–H and O–H groups in total. The highest BCUT2D eigenvalue weighted by Gasteiger charge is 2.24. The maximum absolute atomic E-state index is 12.8. The number of carbonyl (C=O) groups excluding carboxylic acids is 1. The number of sulfonamides is 1. The van der Waals surface area contributed by atoms with Gasteiger partial charge in [0.05, 0.1) is 4.90 Å². The number of benzene rings is 2. The van der Waals surface area contributed by atoms with Crippen molar-refractivity contribution in [1.29, 1.82) is 0 Å². The Bertz CT molecular complexity index is 857. The van der Waals surface area contributed by atoms with Gasteiger partial charge in [-0.2, -0.15) is 0 Å². The molecule has 0 saturated carbocycles. The third kappa shape index (κ3) is 5.91. The van der Waals surface area contributed by atoms with Crippen molar-refractivity contribution in [3.63, 3.8) is 0 Å². The average molecular weight is 389 g/mol. The summed E-state index contributed by atoms with van der Waals surface area (Å²) in [6, 6.07) is 14.0. The first-order chi connectivity index (χ1) is 12.7. The Morgan fingerprint density at radius 2 is 1.59 bits per heavy atom. The molecule has 2 aromatic rings. The molecule has 0 fully saturated rings. The van der Waals surface area contributed by atoms with Crippen LogP contribution >= 0.6 is 0 Å². The molecule has 2 rings (SSSR count). The molecule has 0 saturated heterocycles. The van der Waals surface area contributed by atoms with Crippen molar-refractivity contribution < 1.29 is 13.2 Å². The summed E-state index contributed by atoms with van der Waals surface area (Å²) in [5.74, 6) is -0.106. The number of aryl methyl sites for hydroxylation is 1. The van der Waals surface area contributed by atoms with Crippen LogP contribution in [0.25, 0.3) is 0 Å². The van der Waals surface area contributed by atoms with E-state index in [9.17, 15) is 13.2 Å². The van der Waals surface area contributed by atoms with Gasteiger partial charge in [0, 0.05) is 18.7 Å². The van der Waals surface area contributed by atoms with E-state index in [1.165, 1.54) is 24.6 Å². The van der Waals surface area contributed by atoms with Gasteiger partial charge in [0.15, 0.2) is 0 Å². The van der Waals surface area contributed by atoms with E-state index in [4.69, 9.17) is 0 Å². The molecule has 0 aliphatic carbocycles. The van der Waals surface area contributed by atoms with E-state index in [1.807, 2.05) is 26.0 Å². The minimum absolute atomic E-state index is 0.0930. The van der Waals surface area contributed by atoms with Gasteiger partial charge in [0.2, 0.25) is 15.9 Å². The number of carbonyl (C=O) groups is 1. The summed E-state index contributed by atoms with van der Waals surface area (Å²) in [5.41, 5.74) is 2.76. The van der Waals surface area contributed by atoms with E-state index < -0.39 is 10.0 Å². The second-order valence-electron chi connectivity index (χ2n) is 7.04. The molecule has 2 aromatic carbocycles. The molecule has 0 spiro atoms. The lowest BCUT2D eigenvalue weighted by Gasteiger charge is -2.23. The van der Waals surface area contributed by atoms with E-state index in [2.05, 4.69) is 29.1 Å². The standard InChI is InChI=1S/C21H28N2O3S/c1-5-6-17-7-9-18(10-8-17)21(15(2)3)23-27(25,26)20-13-11-19(12-14-20)22-16(4)24/h7-15,21,23H,5-6H2,1-4H3,(H,22,24). The van der Waals surface area contributed by atoms with Crippen LogP contribution in [0.3, 0.4) is 0 Å². The molecule has 27 heavy (non-hydrogen) atoms. The third-order valence-corrected chi connectivity index (χ3v) is 5.77. The molecule has 1 amide bonds. The van der Waals surface area contributed by atoms with Crippen LogP contribution in [0, 0.1) is 5.92 Å². The van der Waals surface area contributed by atoms with Crippen molar-refractivity contribution in [2.75, 3.05) is 5.32 Å². The van der Waals surface area contributed by atoms with E-state index in [-0.39, 0.29) is 22.8 Å². The van der Waals surface area contributed by atoms with E-state index in [0.29, 0.717) is 5.69 Å². The molecular weight excluding hydrogens is 360 g/mol. The van der Waals surface area contributed by atoms with Crippen molar-refractivity contribution in [2.24, 2.45) is 5.92 Å². The normalized spacial score (nSPS) is 12.8. The summed E-state index contributed by atoms with van der Waals surface area (Å²) in [6.07, 6.45) is 2.09. The molecule has 0 radical (unpaired) electrons. The van der Waals surface area contributed by atoms with Gasteiger partial charge in [-0.1, -0.05) is 51.5 Å².